The fraction of sp³-hybridized carbons (Fsp3) is 1.00. The molecule has 2 heteroatoms. The highest BCUT2D eigenvalue weighted by atomic mass is 15.4. The van der Waals surface area contributed by atoms with Crippen LogP contribution in [0, 0.1) is 0 Å². The third kappa shape index (κ3) is 3.25. The number of piperazine rings is 1. The normalized spacial score (nSPS) is 33.2. The van der Waals surface area contributed by atoms with Gasteiger partial charge in [0.05, 0.1) is 26.2 Å². The first-order chi connectivity index (χ1) is 6.69. The van der Waals surface area contributed by atoms with Crippen LogP contribution >= 0.6 is 0 Å². The number of rotatable bonds is 5. The Morgan fingerprint density at radius 2 is 2.07 bits per heavy atom. The molecule has 1 fully saturated rings. The van der Waals surface area contributed by atoms with Crippen LogP contribution in [0.4, 0.5) is 0 Å². The molecule has 0 aliphatic carbocycles. The number of unbranched alkanes of at least 4 members (excludes halogenated alkanes) is 3. The summed E-state index contributed by atoms with van der Waals surface area (Å²) in [6.07, 6.45) is 5.59. The Hall–Kier alpha value is -0.0800. The molecule has 0 aromatic carbocycles. The molecule has 0 bridgehead atoms. The highest BCUT2D eigenvalue weighted by Gasteiger charge is 2.30. The molecule has 0 aromatic heterocycles. The molecule has 14 heavy (non-hydrogen) atoms. The van der Waals surface area contributed by atoms with Crippen molar-refractivity contribution in [3.8, 4) is 0 Å². The zero-order valence-corrected chi connectivity index (χ0v) is 10.2. The van der Waals surface area contributed by atoms with E-state index >= 15 is 0 Å². The van der Waals surface area contributed by atoms with Gasteiger partial charge in [0, 0.05) is 13.1 Å². The van der Waals surface area contributed by atoms with Crippen molar-refractivity contribution in [1.29, 1.82) is 0 Å². The van der Waals surface area contributed by atoms with Gasteiger partial charge < -0.3 is 9.80 Å². The van der Waals surface area contributed by atoms with Crippen LogP contribution in [-0.2, 0) is 0 Å². The summed E-state index contributed by atoms with van der Waals surface area (Å²) in [4.78, 5) is 0. The van der Waals surface area contributed by atoms with Crippen molar-refractivity contribution in [2.75, 3.05) is 33.2 Å². The molecule has 1 rings (SSSR count). The quantitative estimate of drug-likeness (QED) is 0.527. The lowest BCUT2D eigenvalue weighted by molar-refractivity contribution is -0.933. The molecule has 1 N–H and O–H groups in total. The number of likely N-dealkylation sites (N-methyl/N-ethyl adjacent to an activating group) is 1. The number of quaternary nitrogens is 1. The molecule has 0 saturated carbocycles. The van der Waals surface area contributed by atoms with Gasteiger partial charge in [-0.15, -0.1) is 0 Å². The molecule has 1 aliphatic rings. The van der Waals surface area contributed by atoms with Crippen molar-refractivity contribution in [2.24, 2.45) is 0 Å². The Morgan fingerprint density at radius 1 is 1.29 bits per heavy atom. The minimum Gasteiger partial charge on any atom is -0.322 e. The summed E-state index contributed by atoms with van der Waals surface area (Å²) in [5.41, 5.74) is 0. The van der Waals surface area contributed by atoms with Gasteiger partial charge in [0.25, 0.3) is 0 Å². The molecule has 2 nitrogen and oxygen atoms in total. The van der Waals surface area contributed by atoms with Gasteiger partial charge >= 0.3 is 0 Å². The lowest BCUT2D eigenvalue weighted by Gasteiger charge is -2.43. The van der Waals surface area contributed by atoms with Gasteiger partial charge in [0.1, 0.15) is 0 Å². The average Bonchev–Trinajstić information content (AvgIpc) is 2.18. The summed E-state index contributed by atoms with van der Waals surface area (Å²) in [6, 6.07) is 0.797. The Bertz CT molecular complexity index is 158. The van der Waals surface area contributed by atoms with Gasteiger partial charge in [0.15, 0.2) is 0 Å². The average molecular weight is 199 g/mol. The number of hydrogen-bond acceptors (Lipinski definition) is 1. The van der Waals surface area contributed by atoms with Gasteiger partial charge in [-0.1, -0.05) is 19.8 Å². The van der Waals surface area contributed by atoms with Crippen molar-refractivity contribution in [3.63, 3.8) is 0 Å². The Morgan fingerprint density at radius 3 is 2.71 bits per heavy atom. The predicted molar refractivity (Wildman–Crippen MR) is 62.4 cm³/mol. The highest BCUT2D eigenvalue weighted by molar-refractivity contribution is 4.64. The maximum atomic E-state index is 3.48. The number of nitrogens with one attached hydrogen (secondary N) is 1. The van der Waals surface area contributed by atoms with E-state index in [1.54, 1.807) is 0 Å². The molecule has 0 aromatic rings. The van der Waals surface area contributed by atoms with E-state index < -0.39 is 0 Å². The molecule has 84 valence electrons. The predicted octanol–water partition coefficient (Wildman–Crippen LogP) is 2.00. The van der Waals surface area contributed by atoms with Crippen LogP contribution in [0.25, 0.3) is 0 Å². The van der Waals surface area contributed by atoms with Crippen LogP contribution in [0.15, 0.2) is 0 Å². The van der Waals surface area contributed by atoms with E-state index in [0.717, 1.165) is 6.04 Å². The summed E-state index contributed by atoms with van der Waals surface area (Å²) in [7, 11) is 2.43. The van der Waals surface area contributed by atoms with Crippen LogP contribution < -0.4 is 5.32 Å². The first-order valence-corrected chi connectivity index (χ1v) is 6.24. The Balaban J connectivity index is 2.25. The summed E-state index contributed by atoms with van der Waals surface area (Å²) in [5, 5.41) is 3.48. The Kier molecular flexibility index (Phi) is 4.90. The SMILES string of the molecule is CCCCCC[N+]1(C)CCNCC1C. The second kappa shape index (κ2) is 5.72. The molecule has 1 saturated heterocycles. The van der Waals surface area contributed by atoms with Gasteiger partial charge in [0.2, 0.25) is 0 Å². The lowest BCUT2D eigenvalue weighted by Crippen LogP contribution is -2.61. The van der Waals surface area contributed by atoms with Crippen LogP contribution in [0.1, 0.15) is 39.5 Å². The molecule has 0 spiro atoms. The van der Waals surface area contributed by atoms with Gasteiger partial charge in [-0.05, 0) is 19.8 Å². The summed E-state index contributed by atoms with van der Waals surface area (Å²) < 4.78 is 1.29. The summed E-state index contributed by atoms with van der Waals surface area (Å²) in [6.45, 7) is 9.75. The molecule has 2 atom stereocenters. The van der Waals surface area contributed by atoms with Crippen LogP contribution in [0.2, 0.25) is 0 Å². The van der Waals surface area contributed by atoms with Crippen LogP contribution in [0.5, 0.6) is 0 Å². The maximum absolute atomic E-state index is 3.48. The fourth-order valence-corrected chi connectivity index (χ4v) is 2.32. The van der Waals surface area contributed by atoms with Gasteiger partial charge in [-0.3, -0.25) is 0 Å². The maximum Gasteiger partial charge on any atom is 0.0986 e. The van der Waals surface area contributed by atoms with E-state index in [4.69, 9.17) is 0 Å². The molecule has 2 unspecified atom stereocenters. The fourth-order valence-electron chi connectivity index (χ4n) is 2.32. The third-order valence-electron chi connectivity index (χ3n) is 3.83. The first kappa shape index (κ1) is 12.0. The van der Waals surface area contributed by atoms with E-state index in [0.29, 0.717) is 0 Å². The van der Waals surface area contributed by atoms with Crippen LogP contribution in [0.3, 0.4) is 0 Å². The molecule has 0 radical (unpaired) electrons. The smallest absolute Gasteiger partial charge is 0.0986 e. The van der Waals surface area contributed by atoms with Gasteiger partial charge in [-0.2, -0.15) is 0 Å². The number of nitrogens with zero attached hydrogens (tertiary/aromatic N) is 1. The van der Waals surface area contributed by atoms with E-state index in [1.165, 1.54) is 56.3 Å². The minimum absolute atomic E-state index is 0.797. The van der Waals surface area contributed by atoms with Crippen molar-refractivity contribution < 1.29 is 4.48 Å². The zero-order chi connectivity index (χ0) is 10.4. The third-order valence-corrected chi connectivity index (χ3v) is 3.83. The second-order valence-corrected chi connectivity index (χ2v) is 5.04. The molecule has 0 amide bonds. The van der Waals surface area contributed by atoms with Crippen molar-refractivity contribution in [1.82, 2.24) is 5.32 Å². The molecular weight excluding hydrogens is 172 g/mol. The van der Waals surface area contributed by atoms with Crippen molar-refractivity contribution in [2.45, 2.75) is 45.6 Å². The summed E-state index contributed by atoms with van der Waals surface area (Å²) >= 11 is 0. The largest absolute Gasteiger partial charge is 0.322 e. The van der Waals surface area contributed by atoms with Crippen molar-refractivity contribution in [3.05, 3.63) is 0 Å². The summed E-state index contributed by atoms with van der Waals surface area (Å²) in [5.74, 6) is 0. The standard InChI is InChI=1S/C12H27N2/c1-4-5-6-7-9-14(3)10-8-13-11-12(14)2/h12-13H,4-11H2,1-3H3/q+1. The monoisotopic (exact) mass is 199 g/mol. The topological polar surface area (TPSA) is 12.0 Å². The number of hydrogen-bond donors (Lipinski definition) is 1. The van der Waals surface area contributed by atoms with Crippen molar-refractivity contribution >= 4 is 0 Å². The molecule has 1 aliphatic heterocycles. The Labute approximate surface area is 89.3 Å². The van der Waals surface area contributed by atoms with E-state index in [2.05, 4.69) is 26.2 Å². The van der Waals surface area contributed by atoms with Crippen LogP contribution in [-0.4, -0.2) is 43.8 Å². The van der Waals surface area contributed by atoms with E-state index in [1.807, 2.05) is 0 Å². The van der Waals surface area contributed by atoms with Gasteiger partial charge in [-0.25, -0.2) is 0 Å². The first-order valence-electron chi connectivity index (χ1n) is 6.24. The highest BCUT2D eigenvalue weighted by Crippen LogP contribution is 2.15. The van der Waals surface area contributed by atoms with E-state index in [-0.39, 0.29) is 0 Å². The second-order valence-electron chi connectivity index (χ2n) is 5.04. The zero-order valence-electron chi connectivity index (χ0n) is 10.2. The molecule has 1 heterocycles. The lowest BCUT2D eigenvalue weighted by atomic mass is 10.1. The molecular formula is C12H27N2+. The minimum atomic E-state index is 0.797. The van der Waals surface area contributed by atoms with E-state index in [9.17, 15) is 0 Å².